The average molecular weight is 431 g/mol. The Morgan fingerprint density at radius 3 is 2.70 bits per heavy atom. The number of amides is 1. The van der Waals surface area contributed by atoms with Crippen molar-refractivity contribution in [2.24, 2.45) is 5.92 Å². The minimum Gasteiger partial charge on any atom is -0.495 e. The number of anilines is 1. The summed E-state index contributed by atoms with van der Waals surface area (Å²) in [5, 5.41) is 3.06. The molecule has 1 atom stereocenters. The molecule has 1 aliphatic heterocycles. The third-order valence-corrected chi connectivity index (χ3v) is 7.57. The summed E-state index contributed by atoms with van der Waals surface area (Å²) < 4.78 is 33.3. The number of benzene rings is 2. The largest absolute Gasteiger partial charge is 0.495 e. The maximum absolute atomic E-state index is 13.3. The molecule has 0 unspecified atom stereocenters. The Morgan fingerprint density at radius 2 is 2.00 bits per heavy atom. The summed E-state index contributed by atoms with van der Waals surface area (Å²) in [6.07, 6.45) is 2.12. The van der Waals surface area contributed by atoms with Crippen LogP contribution in [0.2, 0.25) is 0 Å². The van der Waals surface area contributed by atoms with Crippen LogP contribution in [0.5, 0.6) is 5.75 Å². The Hall–Kier alpha value is -2.38. The van der Waals surface area contributed by atoms with E-state index in [2.05, 4.69) is 12.2 Å². The molecule has 1 fully saturated rings. The number of piperidine rings is 1. The molecule has 1 N–H and O–H groups in total. The number of sulfonamides is 1. The number of methoxy groups -OCH3 is 1. The SMILES string of the molecule is CCc1cccc(C)c1NC(=O)[C@@H]1CCCN(S(=O)(=O)c2cc(C)ccc2OC)C1. The summed E-state index contributed by atoms with van der Waals surface area (Å²) in [6.45, 7) is 6.43. The smallest absolute Gasteiger partial charge is 0.246 e. The van der Waals surface area contributed by atoms with Gasteiger partial charge in [0.25, 0.3) is 0 Å². The lowest BCUT2D eigenvalue weighted by atomic mass is 9.98. The molecule has 0 spiro atoms. The number of ether oxygens (including phenoxy) is 1. The molecule has 2 aromatic rings. The summed E-state index contributed by atoms with van der Waals surface area (Å²) >= 11 is 0. The number of nitrogens with one attached hydrogen (secondary N) is 1. The first-order chi connectivity index (χ1) is 14.3. The van der Waals surface area contributed by atoms with Gasteiger partial charge >= 0.3 is 0 Å². The van der Waals surface area contributed by atoms with E-state index in [1.54, 1.807) is 12.1 Å². The van der Waals surface area contributed by atoms with Crippen molar-refractivity contribution < 1.29 is 17.9 Å². The number of hydrogen-bond acceptors (Lipinski definition) is 4. The van der Waals surface area contributed by atoms with Gasteiger partial charge in [0.1, 0.15) is 10.6 Å². The van der Waals surface area contributed by atoms with E-state index in [1.165, 1.54) is 11.4 Å². The minimum atomic E-state index is -3.76. The van der Waals surface area contributed by atoms with Crippen LogP contribution < -0.4 is 10.1 Å². The molecule has 1 heterocycles. The van der Waals surface area contributed by atoms with Gasteiger partial charge in [-0.25, -0.2) is 8.42 Å². The highest BCUT2D eigenvalue weighted by Gasteiger charge is 2.35. The second-order valence-corrected chi connectivity index (χ2v) is 9.71. The molecule has 1 aliphatic rings. The van der Waals surface area contributed by atoms with Crippen LogP contribution in [0, 0.1) is 19.8 Å². The molecule has 0 saturated carbocycles. The standard InChI is InChI=1S/C23H30N2O4S/c1-5-18-9-6-8-17(3)22(18)24-23(26)19-10-7-13-25(15-19)30(27,28)21-14-16(2)11-12-20(21)29-4/h6,8-9,11-12,14,19H,5,7,10,13,15H2,1-4H3,(H,24,26)/t19-/m1/s1. The Bertz CT molecular complexity index is 1030. The van der Waals surface area contributed by atoms with Gasteiger partial charge in [-0.15, -0.1) is 0 Å². The first-order valence-corrected chi connectivity index (χ1v) is 11.8. The maximum atomic E-state index is 13.3. The predicted octanol–water partition coefficient (Wildman–Crippen LogP) is 3.91. The van der Waals surface area contributed by atoms with Crippen LogP contribution in [-0.4, -0.2) is 38.8 Å². The number of aryl methyl sites for hydroxylation is 3. The zero-order valence-corrected chi connectivity index (χ0v) is 18.9. The van der Waals surface area contributed by atoms with E-state index in [9.17, 15) is 13.2 Å². The highest BCUT2D eigenvalue weighted by molar-refractivity contribution is 7.89. The maximum Gasteiger partial charge on any atom is 0.246 e. The van der Waals surface area contributed by atoms with Gasteiger partial charge in [0.2, 0.25) is 15.9 Å². The molecule has 6 nitrogen and oxygen atoms in total. The van der Waals surface area contributed by atoms with E-state index < -0.39 is 15.9 Å². The molecule has 30 heavy (non-hydrogen) atoms. The topological polar surface area (TPSA) is 75.7 Å². The number of nitrogens with zero attached hydrogens (tertiary/aromatic N) is 1. The van der Waals surface area contributed by atoms with Crippen LogP contribution >= 0.6 is 0 Å². The minimum absolute atomic E-state index is 0.130. The fourth-order valence-corrected chi connectivity index (χ4v) is 5.69. The van der Waals surface area contributed by atoms with Gasteiger partial charge < -0.3 is 10.1 Å². The third kappa shape index (κ3) is 4.52. The summed E-state index contributed by atoms with van der Waals surface area (Å²) in [4.78, 5) is 13.2. The van der Waals surface area contributed by atoms with Gasteiger partial charge in [0.15, 0.2) is 0 Å². The number of para-hydroxylation sites is 1. The molecular formula is C23H30N2O4S. The van der Waals surface area contributed by atoms with Crippen LogP contribution in [-0.2, 0) is 21.2 Å². The van der Waals surface area contributed by atoms with E-state index >= 15 is 0 Å². The second kappa shape index (κ2) is 9.18. The van der Waals surface area contributed by atoms with Crippen molar-refractivity contribution >= 4 is 21.6 Å². The molecule has 3 rings (SSSR count). The number of rotatable bonds is 6. The number of carbonyl (C=O) groups is 1. The van der Waals surface area contributed by atoms with Crippen molar-refractivity contribution in [3.63, 3.8) is 0 Å². The molecule has 162 valence electrons. The fourth-order valence-electron chi connectivity index (χ4n) is 3.93. The molecule has 7 heteroatoms. The van der Waals surface area contributed by atoms with E-state index in [1.807, 2.05) is 38.1 Å². The van der Waals surface area contributed by atoms with Crippen molar-refractivity contribution in [3.8, 4) is 5.75 Å². The summed E-state index contributed by atoms with van der Waals surface area (Å²) in [5.74, 6) is -0.205. The molecule has 0 aromatic heterocycles. The third-order valence-electron chi connectivity index (χ3n) is 5.68. The van der Waals surface area contributed by atoms with E-state index in [-0.39, 0.29) is 17.3 Å². The highest BCUT2D eigenvalue weighted by Crippen LogP contribution is 2.31. The van der Waals surface area contributed by atoms with Gasteiger partial charge in [0.05, 0.1) is 13.0 Å². The number of carbonyl (C=O) groups excluding carboxylic acids is 1. The van der Waals surface area contributed by atoms with Gasteiger partial charge in [-0.3, -0.25) is 4.79 Å². The zero-order chi connectivity index (χ0) is 21.9. The van der Waals surface area contributed by atoms with Crippen LogP contribution in [0.15, 0.2) is 41.3 Å². The first kappa shape index (κ1) is 22.3. The van der Waals surface area contributed by atoms with Crippen molar-refractivity contribution in [1.82, 2.24) is 4.31 Å². The lowest BCUT2D eigenvalue weighted by molar-refractivity contribution is -0.120. The van der Waals surface area contributed by atoms with E-state index in [4.69, 9.17) is 4.74 Å². The molecule has 0 bridgehead atoms. The lowest BCUT2D eigenvalue weighted by Crippen LogP contribution is -2.43. The monoisotopic (exact) mass is 430 g/mol. The Morgan fingerprint density at radius 1 is 1.23 bits per heavy atom. The van der Waals surface area contributed by atoms with Gasteiger partial charge in [-0.05, 0) is 61.9 Å². The Labute approximate surface area is 179 Å². The molecule has 2 aromatic carbocycles. The first-order valence-electron chi connectivity index (χ1n) is 10.3. The normalized spacial score (nSPS) is 17.5. The van der Waals surface area contributed by atoms with Crippen molar-refractivity contribution in [2.45, 2.75) is 44.9 Å². The van der Waals surface area contributed by atoms with Crippen LogP contribution in [0.1, 0.15) is 36.5 Å². The van der Waals surface area contributed by atoms with Crippen LogP contribution in [0.4, 0.5) is 5.69 Å². The fraction of sp³-hybridized carbons (Fsp3) is 0.435. The Balaban J connectivity index is 1.82. The van der Waals surface area contributed by atoms with Gasteiger partial charge in [-0.2, -0.15) is 4.31 Å². The van der Waals surface area contributed by atoms with Crippen LogP contribution in [0.25, 0.3) is 0 Å². The number of hydrogen-bond donors (Lipinski definition) is 1. The summed E-state index contributed by atoms with van der Waals surface area (Å²) in [7, 11) is -2.30. The van der Waals surface area contributed by atoms with Crippen molar-refractivity contribution in [2.75, 3.05) is 25.5 Å². The quantitative estimate of drug-likeness (QED) is 0.754. The van der Waals surface area contributed by atoms with Gasteiger partial charge in [0, 0.05) is 18.8 Å². The second-order valence-electron chi connectivity index (χ2n) is 7.81. The zero-order valence-electron chi connectivity index (χ0n) is 18.1. The summed E-state index contributed by atoms with van der Waals surface area (Å²) in [6, 6.07) is 11.1. The van der Waals surface area contributed by atoms with E-state index in [0.29, 0.717) is 25.1 Å². The lowest BCUT2D eigenvalue weighted by Gasteiger charge is -2.32. The Kier molecular flexibility index (Phi) is 6.83. The average Bonchev–Trinajstić information content (AvgIpc) is 2.75. The molecular weight excluding hydrogens is 400 g/mol. The molecule has 0 aliphatic carbocycles. The van der Waals surface area contributed by atoms with Crippen molar-refractivity contribution in [1.29, 1.82) is 0 Å². The summed E-state index contributed by atoms with van der Waals surface area (Å²) in [5.41, 5.74) is 3.76. The predicted molar refractivity (Wildman–Crippen MR) is 118 cm³/mol. The van der Waals surface area contributed by atoms with Crippen molar-refractivity contribution in [3.05, 3.63) is 53.1 Å². The molecule has 1 saturated heterocycles. The van der Waals surface area contributed by atoms with Crippen LogP contribution in [0.3, 0.4) is 0 Å². The van der Waals surface area contributed by atoms with Gasteiger partial charge in [-0.1, -0.05) is 31.2 Å². The molecule has 1 amide bonds. The van der Waals surface area contributed by atoms with E-state index in [0.717, 1.165) is 28.8 Å². The molecule has 0 radical (unpaired) electrons. The highest BCUT2D eigenvalue weighted by atomic mass is 32.2.